The third kappa shape index (κ3) is 12.8. The van der Waals surface area contributed by atoms with Gasteiger partial charge in [-0.3, -0.25) is 19.8 Å². The Hall–Kier alpha value is -3.51. The van der Waals surface area contributed by atoms with E-state index in [2.05, 4.69) is 76.2 Å². The minimum absolute atomic E-state index is 0.103. The predicted molar refractivity (Wildman–Crippen MR) is 247 cm³/mol. The Bertz CT molecular complexity index is 1640. The quantitative estimate of drug-likeness (QED) is 0.0312. The van der Waals surface area contributed by atoms with Crippen LogP contribution < -0.4 is 65.8 Å². The number of carbonyl (C=O) groups excluding carboxylic acids is 3. The van der Waals surface area contributed by atoms with Crippen LogP contribution in [0.2, 0.25) is 0 Å². The highest BCUT2D eigenvalue weighted by atomic mass is 16.3. The second-order valence-corrected chi connectivity index (χ2v) is 16.6. The molecule has 2 aromatic carbocycles. The molecule has 12 nitrogen and oxygen atoms in total. The number of nitrogens with two attached hydrogens (primary N) is 3. The molecule has 0 bridgehead atoms. The summed E-state index contributed by atoms with van der Waals surface area (Å²) in [5.41, 5.74) is 26.2. The van der Waals surface area contributed by atoms with Crippen molar-refractivity contribution in [2.24, 2.45) is 17.2 Å². The van der Waals surface area contributed by atoms with Gasteiger partial charge in [-0.2, -0.15) is 0 Å². The average Bonchev–Trinajstić information content (AvgIpc) is 3.03. The molecule has 0 saturated carbocycles. The fourth-order valence-electron chi connectivity index (χ4n) is 7.25. The number of rotatable bonds is 18. The maximum atomic E-state index is 14.4. The zero-order valence-electron chi connectivity index (χ0n) is 34.4. The second-order valence-electron chi connectivity index (χ2n) is 16.6. The van der Waals surface area contributed by atoms with E-state index in [1.54, 1.807) is 20.0 Å². The number of benzene rings is 2. The SMILES string of the molecule is Bc1c(B)c(B)c(C(B)(B)CNC(=O)[C@](B)(CCCC(B)(B)N)NC(=O)[C@H](Cc2c(C)cc(O)cc2C)NC(=O)[C@H](N)CCCNC(=N)N)c(B)c1B. The number of hydrogen-bond acceptors (Lipinski definition) is 7. The van der Waals surface area contributed by atoms with E-state index < -0.39 is 39.9 Å². The Labute approximate surface area is 325 Å². The fourth-order valence-corrected chi connectivity index (χ4v) is 7.25. The molecule has 0 aliphatic carbocycles. The van der Waals surface area contributed by atoms with E-state index in [0.29, 0.717) is 45.2 Å². The highest BCUT2D eigenvalue weighted by Gasteiger charge is 2.38. The standard InChI is InChI=1S/C31H58B10N8O4/c1-13-9-15(50)10-14(2)16(13)11-18(48-25(51)17(42)5-3-8-46-28(43)44)26(52)49-30(39,6-4-7-31(40,41)45)27(53)47-12-29(37,38)19-20(32)22(34)24(36)23(35)21(19)33/h9-10,17-18,50H,3-8,11-12,32-42,45H2,1-2H3,(H,47,53)(H,48,51)(H,49,52)(H4,43,44,46)/t17-,18+,30+/m1/s1. The third-order valence-electron chi connectivity index (χ3n) is 10.8. The van der Waals surface area contributed by atoms with Gasteiger partial charge in [-0.25, -0.2) is 0 Å². The molecular weight excluding hydrogens is 657 g/mol. The molecule has 0 saturated heterocycles. The number of phenols is 1. The van der Waals surface area contributed by atoms with E-state index in [1.165, 1.54) is 32.9 Å². The molecule has 0 aliphatic rings. The molecule has 3 atom stereocenters. The van der Waals surface area contributed by atoms with Crippen LogP contribution in [0.1, 0.15) is 54.4 Å². The summed E-state index contributed by atoms with van der Waals surface area (Å²) in [6, 6.07) is 1.22. The monoisotopic (exact) mass is 717 g/mol. The van der Waals surface area contributed by atoms with Crippen molar-refractivity contribution < 1.29 is 19.5 Å². The van der Waals surface area contributed by atoms with E-state index in [1.807, 2.05) is 29.5 Å². The van der Waals surface area contributed by atoms with Gasteiger partial charge in [-0.05, 0) is 72.5 Å². The highest BCUT2D eigenvalue weighted by Crippen LogP contribution is 2.23. The van der Waals surface area contributed by atoms with Crippen molar-refractivity contribution in [2.75, 3.05) is 13.1 Å². The van der Waals surface area contributed by atoms with Crippen molar-refractivity contribution in [1.29, 1.82) is 5.41 Å². The number of carbonyl (C=O) groups is 3. The summed E-state index contributed by atoms with van der Waals surface area (Å²) in [7, 11) is 20.5. The zero-order valence-corrected chi connectivity index (χ0v) is 34.4. The first kappa shape index (κ1) is 45.6. The Kier molecular flexibility index (Phi) is 16.1. The number of aromatic hydroxyl groups is 1. The normalized spacial score (nSPS) is 14.0. The molecule has 0 aliphatic heterocycles. The van der Waals surface area contributed by atoms with Crippen LogP contribution in [0.5, 0.6) is 5.75 Å². The van der Waals surface area contributed by atoms with Gasteiger partial charge in [-0.15, -0.1) is 16.4 Å². The van der Waals surface area contributed by atoms with Gasteiger partial charge in [-0.1, -0.05) is 29.3 Å². The molecule has 0 fully saturated rings. The molecule has 22 heteroatoms. The predicted octanol–water partition coefficient (Wildman–Crippen LogP) is -13.4. The number of aryl methyl sites for hydroxylation is 2. The van der Waals surface area contributed by atoms with Gasteiger partial charge < -0.3 is 43.6 Å². The lowest BCUT2D eigenvalue weighted by Crippen LogP contribution is -2.65. The van der Waals surface area contributed by atoms with E-state index in [-0.39, 0.29) is 24.0 Å². The lowest BCUT2D eigenvalue weighted by molar-refractivity contribution is -0.133. The number of guanidine groups is 1. The van der Waals surface area contributed by atoms with E-state index in [0.717, 1.165) is 16.7 Å². The first-order valence-corrected chi connectivity index (χ1v) is 18.7. The second kappa shape index (κ2) is 18.7. The Balaban J connectivity index is 2.46. The smallest absolute Gasteiger partial charge is 0.243 e. The average molecular weight is 715 g/mol. The highest BCUT2D eigenvalue weighted by molar-refractivity contribution is 6.68. The summed E-state index contributed by atoms with van der Waals surface area (Å²) >= 11 is 0. The van der Waals surface area contributed by atoms with Crippen LogP contribution in [0.25, 0.3) is 0 Å². The Morgan fingerprint density at radius 2 is 1.38 bits per heavy atom. The largest absolute Gasteiger partial charge is 0.508 e. The summed E-state index contributed by atoms with van der Waals surface area (Å²) < 4.78 is 0. The van der Waals surface area contributed by atoms with Gasteiger partial charge in [0.2, 0.25) is 17.7 Å². The van der Waals surface area contributed by atoms with Gasteiger partial charge in [0.15, 0.2) is 5.96 Å². The molecule has 0 aromatic heterocycles. The maximum absolute atomic E-state index is 14.4. The van der Waals surface area contributed by atoms with Crippen molar-refractivity contribution in [3.05, 3.63) is 34.4 Å². The van der Waals surface area contributed by atoms with Gasteiger partial charge >= 0.3 is 0 Å². The first-order valence-electron chi connectivity index (χ1n) is 18.7. The number of nitrogens with one attached hydrogen (secondary N) is 5. The van der Waals surface area contributed by atoms with Crippen LogP contribution >= 0.6 is 0 Å². The van der Waals surface area contributed by atoms with E-state index in [4.69, 9.17) is 22.6 Å². The molecule has 2 rings (SSSR count). The summed E-state index contributed by atoms with van der Waals surface area (Å²) in [5.74, 6) is -1.45. The van der Waals surface area contributed by atoms with Crippen LogP contribution in [-0.4, -0.2) is 143 Å². The number of hydrogen-bond donors (Lipinski definition) is 9. The maximum Gasteiger partial charge on any atom is 0.243 e. The van der Waals surface area contributed by atoms with E-state index >= 15 is 0 Å². The lowest BCUT2D eigenvalue weighted by Gasteiger charge is -2.36. The van der Waals surface area contributed by atoms with Crippen molar-refractivity contribution in [3.63, 3.8) is 0 Å². The van der Waals surface area contributed by atoms with Crippen molar-refractivity contribution in [2.45, 2.75) is 80.4 Å². The first-order chi connectivity index (χ1) is 24.3. The molecule has 0 radical (unpaired) electrons. The molecule has 0 spiro atoms. The van der Waals surface area contributed by atoms with Gasteiger partial charge in [0, 0.05) is 19.5 Å². The molecule has 12 N–H and O–H groups in total. The Morgan fingerprint density at radius 1 is 0.849 bits per heavy atom. The van der Waals surface area contributed by atoms with Gasteiger partial charge in [0.1, 0.15) is 90.3 Å². The third-order valence-corrected chi connectivity index (χ3v) is 10.8. The number of phenolic OH excluding ortho intramolecular Hbond substituents is 1. The summed E-state index contributed by atoms with van der Waals surface area (Å²) in [6.07, 6.45) is 2.39. The Morgan fingerprint density at radius 3 is 1.89 bits per heavy atom. The molecule has 3 amide bonds. The summed E-state index contributed by atoms with van der Waals surface area (Å²) in [4.78, 5) is 42.1. The van der Waals surface area contributed by atoms with Crippen LogP contribution in [0.3, 0.4) is 0 Å². The number of amides is 3. The summed E-state index contributed by atoms with van der Waals surface area (Å²) in [5, 5.41) is 28.4. The van der Waals surface area contributed by atoms with E-state index in [9.17, 15) is 19.5 Å². The molecule has 53 heavy (non-hydrogen) atoms. The van der Waals surface area contributed by atoms with Crippen LogP contribution in [0.15, 0.2) is 12.1 Å². The summed E-state index contributed by atoms with van der Waals surface area (Å²) in [6.45, 7) is 4.38. The molecule has 2 aromatic rings. The molecule has 0 heterocycles. The van der Waals surface area contributed by atoms with Crippen molar-refractivity contribution in [3.8, 4) is 5.75 Å². The minimum atomic E-state index is -1.34. The van der Waals surface area contributed by atoms with Gasteiger partial charge in [0.05, 0.1) is 11.5 Å². The topological polar surface area (TPSA) is 221 Å². The van der Waals surface area contributed by atoms with Gasteiger partial charge in [0.25, 0.3) is 0 Å². The zero-order chi connectivity index (χ0) is 40.6. The van der Waals surface area contributed by atoms with Crippen LogP contribution in [0.4, 0.5) is 0 Å². The molecular formula is C31H58B10N8O4. The minimum Gasteiger partial charge on any atom is -0.508 e. The van der Waals surface area contributed by atoms with Crippen molar-refractivity contribution >= 4 is 129 Å². The molecule has 0 unspecified atom stereocenters. The lowest BCUT2D eigenvalue weighted by atomic mass is 9.45. The van der Waals surface area contributed by atoms with Crippen LogP contribution in [0, 0.1) is 19.3 Å². The fraction of sp³-hybridized carbons (Fsp3) is 0.484. The molecule has 276 valence electrons. The van der Waals surface area contributed by atoms with Crippen molar-refractivity contribution in [1.82, 2.24) is 21.3 Å². The van der Waals surface area contributed by atoms with Crippen LogP contribution in [-0.2, 0) is 26.0 Å².